The van der Waals surface area contributed by atoms with E-state index in [1.54, 1.807) is 0 Å². The van der Waals surface area contributed by atoms with E-state index in [2.05, 4.69) is 9.47 Å². The van der Waals surface area contributed by atoms with Gasteiger partial charge < -0.3 is 49.1 Å². The molecule has 0 amide bonds. The van der Waals surface area contributed by atoms with Crippen molar-refractivity contribution in [1.82, 2.24) is 0 Å². The van der Waals surface area contributed by atoms with Gasteiger partial charge in [-0.25, -0.2) is 17.6 Å². The SMILES string of the molecule is CC(O)C[N+](CC[N+](CC(C)O)(CC(C)O)CC(O)COCC(F)(F)C(F)(F)C(F)(F)C(F)F)(CC(C)O)CC(O)COCC(F)(F)C(F)(F)C(F)(F)C(F)F. The first-order valence-electron chi connectivity index (χ1n) is 16.7. The highest BCUT2D eigenvalue weighted by molar-refractivity contribution is 4.99. The van der Waals surface area contributed by atoms with E-state index in [9.17, 15) is 101 Å². The monoisotopic (exact) mass is 870 g/mol. The lowest BCUT2D eigenvalue weighted by Gasteiger charge is -2.47. The van der Waals surface area contributed by atoms with Crippen molar-refractivity contribution in [2.45, 2.75) is 113 Å². The molecule has 26 heteroatoms. The van der Waals surface area contributed by atoms with Crippen molar-refractivity contribution in [2.24, 2.45) is 0 Å². The van der Waals surface area contributed by atoms with Gasteiger partial charge in [0.25, 0.3) is 0 Å². The lowest BCUT2D eigenvalue weighted by molar-refractivity contribution is -0.987. The number of alkyl halides is 16. The molecule has 56 heavy (non-hydrogen) atoms. The lowest BCUT2D eigenvalue weighted by atomic mass is 10.1. The normalized spacial score (nSPS) is 19.7. The number of ether oxygens (including phenoxy) is 2. The van der Waals surface area contributed by atoms with E-state index in [1.165, 1.54) is 27.7 Å². The summed E-state index contributed by atoms with van der Waals surface area (Å²) in [5, 5.41) is 62.6. The van der Waals surface area contributed by atoms with Gasteiger partial charge in [-0.1, -0.05) is 0 Å². The minimum atomic E-state index is -6.61. The minimum absolute atomic E-state index is 0.401. The van der Waals surface area contributed by atoms with Crippen LogP contribution in [-0.2, 0) is 9.47 Å². The molecule has 0 radical (unpaired) electrons. The summed E-state index contributed by atoms with van der Waals surface area (Å²) in [6.45, 7) is -7.03. The van der Waals surface area contributed by atoms with Crippen molar-refractivity contribution in [2.75, 3.05) is 78.8 Å². The Kier molecular flexibility index (Phi) is 20.1. The van der Waals surface area contributed by atoms with Crippen LogP contribution in [0.15, 0.2) is 0 Å². The third-order valence-electron chi connectivity index (χ3n) is 8.34. The van der Waals surface area contributed by atoms with Crippen LogP contribution in [0, 0.1) is 0 Å². The molecule has 0 heterocycles. The van der Waals surface area contributed by atoms with Gasteiger partial charge in [0, 0.05) is 0 Å². The second-order valence-corrected chi connectivity index (χ2v) is 14.4. The summed E-state index contributed by atoms with van der Waals surface area (Å²) in [6.07, 6.45) is -19.7. The van der Waals surface area contributed by atoms with E-state index < -0.39 is 173 Å². The van der Waals surface area contributed by atoms with E-state index >= 15 is 0 Å². The van der Waals surface area contributed by atoms with Crippen LogP contribution >= 0.6 is 0 Å². The average Bonchev–Trinajstić information content (AvgIpc) is 2.97. The fourth-order valence-corrected chi connectivity index (χ4v) is 6.25. The molecule has 6 N–H and O–H groups in total. The molecule has 0 aliphatic rings. The summed E-state index contributed by atoms with van der Waals surface area (Å²) < 4.78 is 220. The number of halogens is 16. The molecular formula is C30H50F16N2O8+2. The Bertz CT molecular complexity index is 1050. The first kappa shape index (κ1) is 54.5. The molecular weight excluding hydrogens is 820 g/mol. The predicted molar refractivity (Wildman–Crippen MR) is 162 cm³/mol. The lowest BCUT2D eigenvalue weighted by Crippen LogP contribution is -2.66. The van der Waals surface area contributed by atoms with Gasteiger partial charge in [0.1, 0.15) is 102 Å². The average molecular weight is 871 g/mol. The Morgan fingerprint density at radius 2 is 0.661 bits per heavy atom. The van der Waals surface area contributed by atoms with Crippen LogP contribution in [-0.4, -0.2) is 203 Å². The molecule has 0 bridgehead atoms. The molecule has 6 unspecified atom stereocenters. The number of aliphatic hydroxyl groups excluding tert-OH is 6. The highest BCUT2D eigenvalue weighted by atomic mass is 19.4. The van der Waals surface area contributed by atoms with Gasteiger partial charge in [0.2, 0.25) is 0 Å². The maximum atomic E-state index is 14.0. The zero-order chi connectivity index (χ0) is 44.5. The second-order valence-electron chi connectivity index (χ2n) is 14.4. The molecule has 0 aliphatic carbocycles. The summed E-state index contributed by atoms with van der Waals surface area (Å²) in [4.78, 5) is 0. The third-order valence-corrected chi connectivity index (χ3v) is 8.34. The van der Waals surface area contributed by atoms with Crippen LogP contribution < -0.4 is 0 Å². The van der Waals surface area contributed by atoms with Crippen molar-refractivity contribution in [3.05, 3.63) is 0 Å². The number of nitrogens with zero attached hydrogens (tertiary/aromatic N) is 2. The summed E-state index contributed by atoms with van der Waals surface area (Å²) in [7, 11) is 0. The van der Waals surface area contributed by atoms with Crippen molar-refractivity contribution >= 4 is 0 Å². The Balaban J connectivity index is 6.39. The van der Waals surface area contributed by atoms with E-state index in [-0.39, 0.29) is 0 Å². The Morgan fingerprint density at radius 3 is 0.857 bits per heavy atom. The van der Waals surface area contributed by atoms with Crippen LogP contribution in [0.3, 0.4) is 0 Å². The fraction of sp³-hybridized carbons (Fsp3) is 1.00. The van der Waals surface area contributed by atoms with Gasteiger partial charge in [-0.2, -0.15) is 52.7 Å². The van der Waals surface area contributed by atoms with Crippen molar-refractivity contribution < 1.29 is 119 Å². The van der Waals surface area contributed by atoms with E-state index in [0.29, 0.717) is 0 Å². The number of hydrogen-bond donors (Lipinski definition) is 6. The highest BCUT2D eigenvalue weighted by Crippen LogP contribution is 2.49. The molecule has 0 fully saturated rings. The summed E-state index contributed by atoms with van der Waals surface area (Å²) in [5.41, 5.74) is 0. The molecule has 0 spiro atoms. The number of rotatable bonds is 29. The molecule has 338 valence electrons. The molecule has 0 aromatic rings. The first-order valence-corrected chi connectivity index (χ1v) is 16.7. The predicted octanol–water partition coefficient (Wildman–Crippen LogP) is 3.24. The van der Waals surface area contributed by atoms with Gasteiger partial charge >= 0.3 is 48.4 Å². The van der Waals surface area contributed by atoms with Crippen molar-refractivity contribution in [3.63, 3.8) is 0 Å². The maximum Gasteiger partial charge on any atom is 0.380 e. The zero-order valence-electron chi connectivity index (χ0n) is 30.5. The molecule has 0 aromatic heterocycles. The summed E-state index contributed by atoms with van der Waals surface area (Å²) >= 11 is 0. The fourth-order valence-electron chi connectivity index (χ4n) is 6.25. The standard InChI is InChI=1S/C30H50F16N2O8/c1-17(49)7-47(8-18(2)50,11-21(53)13-55-15-25(35,36)29(43,44)27(39,40)23(31)32)5-6-48(9-19(3)51,10-20(4)52)12-22(54)14-56-16-26(37,38)30(45,46)28(41,42)24(33)34/h17-24,49-54H,5-16H2,1-4H3/q+2. The van der Waals surface area contributed by atoms with Crippen molar-refractivity contribution in [3.8, 4) is 0 Å². The largest absolute Gasteiger partial charge is 0.388 e. The zero-order valence-corrected chi connectivity index (χ0v) is 30.5. The molecule has 6 atom stereocenters. The second kappa shape index (κ2) is 20.6. The van der Waals surface area contributed by atoms with Gasteiger partial charge in [0.05, 0.1) is 13.2 Å². The van der Waals surface area contributed by atoms with Gasteiger partial charge in [0.15, 0.2) is 0 Å². The highest BCUT2D eigenvalue weighted by Gasteiger charge is 2.76. The number of aliphatic hydroxyl groups is 6. The topological polar surface area (TPSA) is 140 Å². The van der Waals surface area contributed by atoms with E-state index in [0.717, 1.165) is 0 Å². The Labute approximate surface area is 311 Å². The quantitative estimate of drug-likeness (QED) is 0.0498. The summed E-state index contributed by atoms with van der Waals surface area (Å²) in [6, 6.07) is 0. The number of quaternary nitrogens is 2. The first-order chi connectivity index (χ1) is 25.0. The summed E-state index contributed by atoms with van der Waals surface area (Å²) in [5.74, 6) is -38.0. The molecule has 0 saturated carbocycles. The van der Waals surface area contributed by atoms with Gasteiger partial charge in [-0.05, 0) is 27.7 Å². The molecule has 0 aromatic carbocycles. The Morgan fingerprint density at radius 1 is 0.429 bits per heavy atom. The molecule has 0 rings (SSSR count). The van der Waals surface area contributed by atoms with E-state index in [4.69, 9.17) is 0 Å². The van der Waals surface area contributed by atoms with Gasteiger partial charge in [-0.15, -0.1) is 0 Å². The number of hydrogen-bond acceptors (Lipinski definition) is 8. The molecule has 10 nitrogen and oxygen atoms in total. The van der Waals surface area contributed by atoms with Crippen LogP contribution in [0.5, 0.6) is 0 Å². The smallest absolute Gasteiger partial charge is 0.380 e. The van der Waals surface area contributed by atoms with Crippen LogP contribution in [0.2, 0.25) is 0 Å². The van der Waals surface area contributed by atoms with Crippen LogP contribution in [0.25, 0.3) is 0 Å². The molecule has 0 saturated heterocycles. The van der Waals surface area contributed by atoms with Crippen LogP contribution in [0.1, 0.15) is 27.7 Å². The van der Waals surface area contributed by atoms with Crippen LogP contribution in [0.4, 0.5) is 70.2 Å². The third kappa shape index (κ3) is 14.6. The van der Waals surface area contributed by atoms with E-state index in [1.807, 2.05) is 0 Å². The maximum absolute atomic E-state index is 14.0. The molecule has 0 aliphatic heterocycles. The van der Waals surface area contributed by atoms with Gasteiger partial charge in [-0.3, -0.25) is 0 Å². The Hall–Kier alpha value is -1.52. The van der Waals surface area contributed by atoms with Crippen molar-refractivity contribution in [1.29, 1.82) is 0 Å². The minimum Gasteiger partial charge on any atom is -0.388 e.